The minimum absolute atomic E-state index is 0.0313. The molecule has 5 heteroatoms. The number of amides is 2. The average molecular weight is 367 g/mol. The van der Waals surface area contributed by atoms with E-state index >= 15 is 0 Å². The first-order valence-corrected chi connectivity index (χ1v) is 9.56. The maximum atomic E-state index is 13.1. The molecule has 0 spiro atoms. The Bertz CT molecular complexity index is 858. The molecule has 0 aliphatic carbocycles. The Balaban J connectivity index is 1.79. The SMILES string of the molecule is Cc1cccc(-n2c(C)cc(C(=O)N3CCC(C(=O)N(C)C)CC3)c2C)c1. The molecule has 0 saturated carbocycles. The van der Waals surface area contributed by atoms with Gasteiger partial charge in [-0.2, -0.15) is 0 Å². The first kappa shape index (κ1) is 19.2. The van der Waals surface area contributed by atoms with Crippen LogP contribution >= 0.6 is 0 Å². The Morgan fingerprint density at radius 2 is 1.70 bits per heavy atom. The average Bonchev–Trinajstić information content (AvgIpc) is 2.94. The number of nitrogens with zero attached hydrogens (tertiary/aromatic N) is 3. The van der Waals surface area contributed by atoms with Crippen LogP contribution in [0.4, 0.5) is 0 Å². The second-order valence-electron chi connectivity index (χ2n) is 7.76. The number of rotatable bonds is 3. The zero-order valence-corrected chi connectivity index (χ0v) is 17.0. The summed E-state index contributed by atoms with van der Waals surface area (Å²) in [5.41, 5.74) is 5.06. The number of carbonyl (C=O) groups is 2. The van der Waals surface area contributed by atoms with Gasteiger partial charge in [-0.15, -0.1) is 0 Å². The van der Waals surface area contributed by atoms with Crippen LogP contribution in [-0.4, -0.2) is 53.4 Å². The second kappa shape index (κ2) is 7.59. The number of benzene rings is 1. The monoisotopic (exact) mass is 367 g/mol. The molecular weight excluding hydrogens is 338 g/mol. The van der Waals surface area contributed by atoms with Crippen LogP contribution in [0.1, 0.15) is 40.2 Å². The van der Waals surface area contributed by atoms with E-state index < -0.39 is 0 Å². The van der Waals surface area contributed by atoms with Crippen molar-refractivity contribution in [2.45, 2.75) is 33.6 Å². The lowest BCUT2D eigenvalue weighted by atomic mass is 9.95. The number of likely N-dealkylation sites (tertiary alicyclic amines) is 1. The fraction of sp³-hybridized carbons (Fsp3) is 0.455. The molecule has 1 saturated heterocycles. The van der Waals surface area contributed by atoms with Crippen LogP contribution in [0.15, 0.2) is 30.3 Å². The zero-order valence-electron chi connectivity index (χ0n) is 17.0. The van der Waals surface area contributed by atoms with E-state index in [-0.39, 0.29) is 17.7 Å². The molecule has 0 atom stereocenters. The molecule has 2 aromatic rings. The van der Waals surface area contributed by atoms with Gasteiger partial charge in [0.1, 0.15) is 0 Å². The Hall–Kier alpha value is -2.56. The molecular formula is C22H29N3O2. The quantitative estimate of drug-likeness (QED) is 0.835. The van der Waals surface area contributed by atoms with Gasteiger partial charge in [0.2, 0.25) is 5.91 Å². The number of piperidine rings is 1. The van der Waals surface area contributed by atoms with Gasteiger partial charge in [-0.05, 0) is 57.4 Å². The maximum absolute atomic E-state index is 13.1. The molecule has 1 aromatic heterocycles. The normalized spacial score (nSPS) is 15.1. The van der Waals surface area contributed by atoms with Gasteiger partial charge < -0.3 is 14.4 Å². The van der Waals surface area contributed by atoms with E-state index in [1.807, 2.05) is 30.9 Å². The van der Waals surface area contributed by atoms with Crippen LogP contribution in [0.25, 0.3) is 5.69 Å². The highest BCUT2D eigenvalue weighted by atomic mass is 16.2. The summed E-state index contributed by atoms with van der Waals surface area (Å²) in [6.45, 7) is 7.39. The van der Waals surface area contributed by atoms with Crippen molar-refractivity contribution >= 4 is 11.8 Å². The van der Waals surface area contributed by atoms with Crippen molar-refractivity contribution in [1.82, 2.24) is 14.4 Å². The van der Waals surface area contributed by atoms with E-state index in [4.69, 9.17) is 0 Å². The first-order valence-electron chi connectivity index (χ1n) is 9.56. The molecule has 2 heterocycles. The summed E-state index contributed by atoms with van der Waals surface area (Å²) < 4.78 is 2.14. The van der Waals surface area contributed by atoms with Crippen LogP contribution in [-0.2, 0) is 4.79 Å². The molecule has 0 bridgehead atoms. The highest BCUT2D eigenvalue weighted by molar-refractivity contribution is 5.96. The van der Waals surface area contributed by atoms with Crippen molar-refractivity contribution < 1.29 is 9.59 Å². The Morgan fingerprint density at radius 3 is 2.30 bits per heavy atom. The van der Waals surface area contributed by atoms with Crippen LogP contribution in [0.2, 0.25) is 0 Å². The topological polar surface area (TPSA) is 45.6 Å². The van der Waals surface area contributed by atoms with E-state index in [2.05, 4.69) is 29.7 Å². The Morgan fingerprint density at radius 1 is 1.04 bits per heavy atom. The van der Waals surface area contributed by atoms with Gasteiger partial charge in [-0.25, -0.2) is 0 Å². The van der Waals surface area contributed by atoms with Crippen LogP contribution < -0.4 is 0 Å². The van der Waals surface area contributed by atoms with Gasteiger partial charge in [0.15, 0.2) is 0 Å². The van der Waals surface area contributed by atoms with Crippen LogP contribution in [0, 0.1) is 26.7 Å². The zero-order chi connectivity index (χ0) is 19.7. The summed E-state index contributed by atoms with van der Waals surface area (Å²) in [5, 5.41) is 0. The highest BCUT2D eigenvalue weighted by Gasteiger charge is 2.30. The summed E-state index contributed by atoms with van der Waals surface area (Å²) in [6.07, 6.45) is 1.47. The fourth-order valence-electron chi connectivity index (χ4n) is 4.01. The van der Waals surface area contributed by atoms with E-state index in [0.29, 0.717) is 13.1 Å². The number of carbonyl (C=O) groups excluding carboxylic acids is 2. The van der Waals surface area contributed by atoms with Gasteiger partial charge in [0.05, 0.1) is 5.56 Å². The smallest absolute Gasteiger partial charge is 0.255 e. The molecule has 2 amide bonds. The van der Waals surface area contributed by atoms with Gasteiger partial charge >= 0.3 is 0 Å². The van der Waals surface area contributed by atoms with Crippen LogP contribution in [0.5, 0.6) is 0 Å². The van der Waals surface area contributed by atoms with Crippen molar-refractivity contribution in [1.29, 1.82) is 0 Å². The van der Waals surface area contributed by atoms with E-state index in [1.54, 1.807) is 19.0 Å². The molecule has 0 unspecified atom stereocenters. The maximum Gasteiger partial charge on any atom is 0.255 e. The molecule has 1 fully saturated rings. The molecule has 3 rings (SSSR count). The molecule has 1 aliphatic heterocycles. The van der Waals surface area contributed by atoms with E-state index in [0.717, 1.165) is 35.5 Å². The first-order chi connectivity index (χ1) is 12.8. The number of hydrogen-bond donors (Lipinski definition) is 0. The standard InChI is InChI=1S/C22H29N3O2/c1-15-7-6-8-19(13-15)25-16(2)14-20(17(25)3)22(27)24-11-9-18(10-12-24)21(26)23(4)5/h6-8,13-14,18H,9-12H2,1-5H3. The van der Waals surface area contributed by atoms with E-state index in [9.17, 15) is 9.59 Å². The number of aromatic nitrogens is 1. The van der Waals surface area contributed by atoms with Crippen molar-refractivity contribution in [2.24, 2.45) is 5.92 Å². The van der Waals surface area contributed by atoms with Gasteiger partial charge in [-0.3, -0.25) is 9.59 Å². The third-order valence-electron chi connectivity index (χ3n) is 5.49. The lowest BCUT2D eigenvalue weighted by Gasteiger charge is -2.32. The van der Waals surface area contributed by atoms with Gasteiger partial charge in [0.25, 0.3) is 5.91 Å². The predicted octanol–water partition coefficient (Wildman–Crippen LogP) is 3.34. The molecule has 0 N–H and O–H groups in total. The van der Waals surface area contributed by atoms with E-state index in [1.165, 1.54) is 5.56 Å². The number of aryl methyl sites for hydroxylation is 2. The molecule has 1 aromatic carbocycles. The molecule has 1 aliphatic rings. The van der Waals surface area contributed by atoms with Gasteiger partial charge in [0, 0.05) is 50.2 Å². The Labute approximate surface area is 161 Å². The predicted molar refractivity (Wildman–Crippen MR) is 107 cm³/mol. The Kier molecular flexibility index (Phi) is 5.40. The van der Waals surface area contributed by atoms with Crippen molar-refractivity contribution in [3.8, 4) is 5.69 Å². The summed E-state index contributed by atoms with van der Waals surface area (Å²) in [7, 11) is 3.58. The third-order valence-corrected chi connectivity index (χ3v) is 5.49. The molecule has 27 heavy (non-hydrogen) atoms. The minimum Gasteiger partial charge on any atom is -0.349 e. The van der Waals surface area contributed by atoms with Crippen LogP contribution in [0.3, 0.4) is 0 Å². The summed E-state index contributed by atoms with van der Waals surface area (Å²) in [5.74, 6) is 0.265. The van der Waals surface area contributed by atoms with Crippen molar-refractivity contribution in [3.63, 3.8) is 0 Å². The summed E-state index contributed by atoms with van der Waals surface area (Å²) >= 11 is 0. The molecule has 0 radical (unpaired) electrons. The second-order valence-corrected chi connectivity index (χ2v) is 7.76. The minimum atomic E-state index is 0.0313. The number of hydrogen-bond acceptors (Lipinski definition) is 2. The largest absolute Gasteiger partial charge is 0.349 e. The highest BCUT2D eigenvalue weighted by Crippen LogP contribution is 2.25. The summed E-state index contributed by atoms with van der Waals surface area (Å²) in [4.78, 5) is 28.8. The lowest BCUT2D eigenvalue weighted by Crippen LogP contribution is -2.42. The van der Waals surface area contributed by atoms with Crippen molar-refractivity contribution in [3.05, 3.63) is 52.8 Å². The van der Waals surface area contributed by atoms with Gasteiger partial charge in [-0.1, -0.05) is 12.1 Å². The summed E-state index contributed by atoms with van der Waals surface area (Å²) in [6, 6.07) is 10.3. The lowest BCUT2D eigenvalue weighted by molar-refractivity contribution is -0.134. The molecule has 5 nitrogen and oxygen atoms in total. The third kappa shape index (κ3) is 3.77. The fourth-order valence-corrected chi connectivity index (χ4v) is 4.01. The van der Waals surface area contributed by atoms with Crippen molar-refractivity contribution in [2.75, 3.05) is 27.2 Å². The molecule has 144 valence electrons.